The molecule has 2 aromatic heterocycles. The molecule has 0 radical (unpaired) electrons. The molecule has 0 saturated carbocycles. The summed E-state index contributed by atoms with van der Waals surface area (Å²) in [6.45, 7) is 4.55. The molecule has 174 valence electrons. The Bertz CT molecular complexity index is 1540. The number of thiazole rings is 1. The van der Waals surface area contributed by atoms with Gasteiger partial charge in [-0.05, 0) is 43.2 Å². The first-order valence-electron chi connectivity index (χ1n) is 11.6. The number of hydrogen-bond donors (Lipinski definition) is 1. The molecule has 1 N–H and O–H groups in total. The molecule has 0 saturated heterocycles. The number of fused-ring (bicyclic) bond motifs is 2. The van der Waals surface area contributed by atoms with Crippen molar-refractivity contribution < 1.29 is 9.53 Å². The molecular weight excluding hydrogens is 456 g/mol. The maximum atomic E-state index is 12.9. The number of benzene rings is 3. The van der Waals surface area contributed by atoms with Crippen LogP contribution in [-0.4, -0.2) is 20.7 Å². The van der Waals surface area contributed by atoms with Gasteiger partial charge in [-0.15, -0.1) is 0 Å². The van der Waals surface area contributed by atoms with Crippen LogP contribution in [0.3, 0.4) is 0 Å². The first kappa shape index (κ1) is 21.6. The number of aromatic nitrogens is 3. The second-order valence-corrected chi connectivity index (χ2v) is 9.79. The van der Waals surface area contributed by atoms with Crippen molar-refractivity contribution in [3.05, 3.63) is 101 Å². The molecule has 6 nitrogen and oxygen atoms in total. The molecule has 6 rings (SSSR count). The maximum Gasteiger partial charge on any atom is 0.226 e. The lowest BCUT2D eigenvalue weighted by Crippen LogP contribution is -2.25. The summed E-state index contributed by atoms with van der Waals surface area (Å²) in [5, 5.41) is 8.61. The van der Waals surface area contributed by atoms with Crippen molar-refractivity contribution >= 4 is 33.3 Å². The Morgan fingerprint density at radius 3 is 2.66 bits per heavy atom. The molecule has 7 heteroatoms. The molecule has 0 bridgehead atoms. The second kappa shape index (κ2) is 8.67. The summed E-state index contributed by atoms with van der Waals surface area (Å²) in [6.07, 6.45) is 0.337. The molecule has 0 spiro atoms. The fourth-order valence-corrected chi connectivity index (χ4v) is 5.65. The van der Waals surface area contributed by atoms with Crippen molar-refractivity contribution in [2.24, 2.45) is 0 Å². The Labute approximate surface area is 207 Å². The molecule has 0 unspecified atom stereocenters. The van der Waals surface area contributed by atoms with Gasteiger partial charge in [0.15, 0.2) is 0 Å². The zero-order valence-electron chi connectivity index (χ0n) is 19.5. The molecular formula is C28H24N4O2S. The Morgan fingerprint density at radius 2 is 1.80 bits per heavy atom. The zero-order valence-corrected chi connectivity index (χ0v) is 20.3. The third kappa shape index (κ3) is 3.88. The van der Waals surface area contributed by atoms with E-state index in [1.54, 1.807) is 16.0 Å². The van der Waals surface area contributed by atoms with Crippen molar-refractivity contribution in [1.29, 1.82) is 0 Å². The minimum atomic E-state index is -0.157. The van der Waals surface area contributed by atoms with E-state index < -0.39 is 0 Å². The number of carbonyl (C=O) groups is 1. The Hall–Kier alpha value is -3.97. The van der Waals surface area contributed by atoms with Crippen LogP contribution in [-0.2, 0) is 11.4 Å². The normalized spacial score (nSPS) is 15.1. The van der Waals surface area contributed by atoms with Gasteiger partial charge in [0.25, 0.3) is 0 Å². The van der Waals surface area contributed by atoms with Crippen molar-refractivity contribution in [3.8, 4) is 10.9 Å². The number of rotatable bonds is 5. The Kier molecular flexibility index (Phi) is 5.34. The molecule has 3 heterocycles. The summed E-state index contributed by atoms with van der Waals surface area (Å²) >= 11 is 1.56. The first-order chi connectivity index (χ1) is 17.1. The summed E-state index contributed by atoms with van der Waals surface area (Å²) in [6, 6.07) is 24.2. The Balaban J connectivity index is 1.40. The number of anilines is 1. The van der Waals surface area contributed by atoms with Crippen LogP contribution in [0.15, 0.2) is 72.8 Å². The fourth-order valence-electron chi connectivity index (χ4n) is 4.73. The highest BCUT2D eigenvalue weighted by Crippen LogP contribution is 2.43. The van der Waals surface area contributed by atoms with Gasteiger partial charge in [-0.25, -0.2) is 4.98 Å². The molecule has 3 aromatic carbocycles. The van der Waals surface area contributed by atoms with E-state index in [2.05, 4.69) is 30.4 Å². The van der Waals surface area contributed by atoms with Crippen LogP contribution in [0.25, 0.3) is 15.3 Å². The molecule has 0 aliphatic carbocycles. The van der Waals surface area contributed by atoms with Gasteiger partial charge in [0.2, 0.25) is 11.0 Å². The van der Waals surface area contributed by atoms with Crippen molar-refractivity contribution in [3.63, 3.8) is 0 Å². The van der Waals surface area contributed by atoms with Gasteiger partial charge in [-0.1, -0.05) is 65.9 Å². The average Bonchev–Trinajstić information content (AvgIpc) is 3.44. The fraction of sp³-hybridized carbons (Fsp3) is 0.179. The minimum Gasteiger partial charge on any atom is -0.489 e. The topological polar surface area (TPSA) is 69.0 Å². The van der Waals surface area contributed by atoms with Gasteiger partial charge in [0.1, 0.15) is 18.2 Å². The lowest BCUT2D eigenvalue weighted by Gasteiger charge is -2.26. The van der Waals surface area contributed by atoms with Gasteiger partial charge in [-0.3, -0.25) is 4.79 Å². The van der Waals surface area contributed by atoms with Crippen LogP contribution in [0.5, 0.6) is 5.75 Å². The van der Waals surface area contributed by atoms with Crippen LogP contribution < -0.4 is 10.1 Å². The monoisotopic (exact) mass is 480 g/mol. The molecule has 1 amide bonds. The molecule has 35 heavy (non-hydrogen) atoms. The van der Waals surface area contributed by atoms with E-state index >= 15 is 0 Å². The minimum absolute atomic E-state index is 0.0431. The summed E-state index contributed by atoms with van der Waals surface area (Å²) in [5.74, 6) is 1.28. The summed E-state index contributed by atoms with van der Waals surface area (Å²) in [5.41, 5.74) is 6.13. The molecule has 1 aliphatic rings. The number of hydrogen-bond acceptors (Lipinski definition) is 5. The maximum absolute atomic E-state index is 12.9. The number of nitrogens with zero attached hydrogens (tertiary/aromatic N) is 3. The first-order valence-corrected chi connectivity index (χ1v) is 12.4. The van der Waals surface area contributed by atoms with E-state index in [1.807, 2.05) is 61.5 Å². The second-order valence-electron chi connectivity index (χ2n) is 8.78. The molecule has 1 atom stereocenters. The van der Waals surface area contributed by atoms with Gasteiger partial charge in [0, 0.05) is 23.5 Å². The number of aryl methyl sites for hydroxylation is 2. The van der Waals surface area contributed by atoms with Crippen molar-refractivity contribution in [2.45, 2.75) is 32.8 Å². The predicted molar refractivity (Wildman–Crippen MR) is 139 cm³/mol. The highest BCUT2D eigenvalue weighted by Gasteiger charge is 2.34. The Morgan fingerprint density at radius 1 is 1.03 bits per heavy atom. The molecule has 5 aromatic rings. The van der Waals surface area contributed by atoms with Crippen LogP contribution in [0.2, 0.25) is 0 Å². The zero-order chi connectivity index (χ0) is 23.9. The lowest BCUT2D eigenvalue weighted by atomic mass is 9.85. The van der Waals surface area contributed by atoms with Gasteiger partial charge in [0.05, 0.1) is 15.9 Å². The summed E-state index contributed by atoms with van der Waals surface area (Å²) in [7, 11) is 0. The smallest absolute Gasteiger partial charge is 0.226 e. The highest BCUT2D eigenvalue weighted by atomic mass is 32.1. The average molecular weight is 481 g/mol. The van der Waals surface area contributed by atoms with E-state index in [4.69, 9.17) is 14.8 Å². The highest BCUT2D eigenvalue weighted by molar-refractivity contribution is 7.20. The van der Waals surface area contributed by atoms with E-state index in [9.17, 15) is 4.79 Å². The van der Waals surface area contributed by atoms with Crippen molar-refractivity contribution in [1.82, 2.24) is 14.8 Å². The molecule has 1 aliphatic heterocycles. The number of amides is 1. The largest absolute Gasteiger partial charge is 0.489 e. The number of carbonyl (C=O) groups excluding carboxylic acids is 1. The van der Waals surface area contributed by atoms with Crippen LogP contribution >= 0.6 is 11.3 Å². The lowest BCUT2D eigenvalue weighted by molar-refractivity contribution is -0.116. The summed E-state index contributed by atoms with van der Waals surface area (Å²) in [4.78, 5) is 17.7. The van der Waals surface area contributed by atoms with Gasteiger partial charge >= 0.3 is 0 Å². The van der Waals surface area contributed by atoms with Crippen molar-refractivity contribution in [2.75, 3.05) is 5.32 Å². The summed E-state index contributed by atoms with van der Waals surface area (Å²) < 4.78 is 9.17. The van der Waals surface area contributed by atoms with Crippen LogP contribution in [0, 0.1) is 13.8 Å². The quantitative estimate of drug-likeness (QED) is 0.327. The molecule has 0 fully saturated rings. The number of nitrogens with one attached hydrogen (secondary N) is 1. The predicted octanol–water partition coefficient (Wildman–Crippen LogP) is 6.15. The van der Waals surface area contributed by atoms with Gasteiger partial charge < -0.3 is 10.1 Å². The third-order valence-corrected chi connectivity index (χ3v) is 7.52. The van der Waals surface area contributed by atoms with Crippen LogP contribution in [0.1, 0.15) is 40.3 Å². The van der Waals surface area contributed by atoms with E-state index in [1.165, 1.54) is 5.56 Å². The standard InChI is InChI=1S/C28H24N4O2S/c1-17-9-3-4-10-19(17)16-34-23-13-7-5-11-20(23)21-15-25(33)30-27-26(21)18(2)31-32(27)28-29-22-12-6-8-14-24(22)35-28/h3-14,21H,15-16H2,1-2H3,(H,30,33)/t21-/m0/s1. The number of ether oxygens (including phenoxy) is 1. The third-order valence-electron chi connectivity index (χ3n) is 6.51. The van der Waals surface area contributed by atoms with Crippen LogP contribution in [0.4, 0.5) is 5.82 Å². The number of para-hydroxylation sites is 2. The van der Waals surface area contributed by atoms with Gasteiger partial charge in [-0.2, -0.15) is 9.78 Å². The van der Waals surface area contributed by atoms with E-state index in [-0.39, 0.29) is 11.8 Å². The van der Waals surface area contributed by atoms with E-state index in [0.717, 1.165) is 43.5 Å². The SMILES string of the molecule is Cc1ccccc1COc1ccccc1[C@@H]1CC(=O)Nc2c1c(C)nn2-c1nc2ccccc2s1. The van der Waals surface area contributed by atoms with E-state index in [0.29, 0.717) is 18.8 Å².